The summed E-state index contributed by atoms with van der Waals surface area (Å²) < 4.78 is 27.4. The van der Waals surface area contributed by atoms with Gasteiger partial charge in [0.25, 0.3) is 0 Å². The van der Waals surface area contributed by atoms with Crippen LogP contribution >= 0.6 is 12.2 Å². The number of rotatable bonds is 2. The summed E-state index contributed by atoms with van der Waals surface area (Å²) in [6, 6.07) is 3.36. The molecular formula is C8H6F2N4S. The second-order valence-electron chi connectivity index (χ2n) is 2.90. The molecule has 1 aromatic carbocycles. The summed E-state index contributed by atoms with van der Waals surface area (Å²) in [5.74, 6) is -1.23. The van der Waals surface area contributed by atoms with Gasteiger partial charge in [-0.2, -0.15) is 5.21 Å². The van der Waals surface area contributed by atoms with Gasteiger partial charge in [0.05, 0.1) is 6.54 Å². The van der Waals surface area contributed by atoms with Crippen molar-refractivity contribution in [1.82, 2.24) is 20.2 Å². The van der Waals surface area contributed by atoms with Gasteiger partial charge in [0.15, 0.2) is 0 Å². The summed E-state index contributed by atoms with van der Waals surface area (Å²) in [7, 11) is 0. The molecule has 0 unspecified atom stereocenters. The van der Waals surface area contributed by atoms with Crippen LogP contribution in [0.15, 0.2) is 18.2 Å². The molecule has 0 radical (unpaired) electrons. The van der Waals surface area contributed by atoms with E-state index < -0.39 is 11.6 Å². The first-order chi connectivity index (χ1) is 7.16. The number of H-pyrrole nitrogens is 1. The number of aromatic nitrogens is 4. The number of nitrogens with one attached hydrogen (secondary N) is 1. The molecule has 2 rings (SSSR count). The van der Waals surface area contributed by atoms with Gasteiger partial charge in [-0.3, -0.25) is 0 Å². The van der Waals surface area contributed by atoms with Crippen LogP contribution in [0.1, 0.15) is 5.56 Å². The van der Waals surface area contributed by atoms with Crippen LogP contribution in [0.2, 0.25) is 0 Å². The molecule has 2 aromatic rings. The minimum absolute atomic E-state index is 0.151. The van der Waals surface area contributed by atoms with Crippen LogP contribution in [-0.2, 0) is 6.54 Å². The van der Waals surface area contributed by atoms with Gasteiger partial charge in [-0.25, -0.2) is 13.5 Å². The maximum atomic E-state index is 13.2. The zero-order chi connectivity index (χ0) is 10.8. The lowest BCUT2D eigenvalue weighted by molar-refractivity contribution is 0.552. The van der Waals surface area contributed by atoms with Crippen LogP contribution in [0.25, 0.3) is 0 Å². The molecule has 0 atom stereocenters. The molecule has 78 valence electrons. The van der Waals surface area contributed by atoms with Crippen molar-refractivity contribution in [3.63, 3.8) is 0 Å². The van der Waals surface area contributed by atoms with Crippen molar-refractivity contribution in [2.75, 3.05) is 0 Å². The van der Waals surface area contributed by atoms with Gasteiger partial charge in [-0.15, -0.1) is 0 Å². The summed E-state index contributed by atoms with van der Waals surface area (Å²) in [5.41, 5.74) is 0.318. The van der Waals surface area contributed by atoms with Crippen molar-refractivity contribution >= 4 is 12.2 Å². The highest BCUT2D eigenvalue weighted by molar-refractivity contribution is 7.71. The van der Waals surface area contributed by atoms with E-state index in [1.807, 2.05) is 0 Å². The van der Waals surface area contributed by atoms with Gasteiger partial charge >= 0.3 is 0 Å². The molecule has 0 fully saturated rings. The molecule has 0 aliphatic carbocycles. The van der Waals surface area contributed by atoms with E-state index in [-0.39, 0.29) is 11.3 Å². The third-order valence-corrected chi connectivity index (χ3v) is 2.18. The van der Waals surface area contributed by atoms with Gasteiger partial charge < -0.3 is 0 Å². The zero-order valence-electron chi connectivity index (χ0n) is 7.44. The molecule has 0 saturated heterocycles. The Kier molecular flexibility index (Phi) is 2.55. The fraction of sp³-hybridized carbons (Fsp3) is 0.125. The summed E-state index contributed by atoms with van der Waals surface area (Å²) in [4.78, 5) is 0. The van der Waals surface area contributed by atoms with E-state index in [9.17, 15) is 8.78 Å². The van der Waals surface area contributed by atoms with Crippen molar-refractivity contribution in [1.29, 1.82) is 0 Å². The molecule has 0 aliphatic rings. The van der Waals surface area contributed by atoms with Gasteiger partial charge in [-0.1, -0.05) is 16.4 Å². The summed E-state index contributed by atoms with van der Waals surface area (Å²) in [6.45, 7) is 0.151. The smallest absolute Gasteiger partial charge is 0.238 e. The Morgan fingerprint density at radius 3 is 2.80 bits per heavy atom. The highest BCUT2D eigenvalue weighted by Gasteiger charge is 2.05. The molecule has 0 amide bonds. The average molecular weight is 228 g/mol. The molecule has 1 aromatic heterocycles. The molecule has 0 bridgehead atoms. The quantitative estimate of drug-likeness (QED) is 0.795. The van der Waals surface area contributed by atoms with E-state index in [0.717, 1.165) is 6.07 Å². The van der Waals surface area contributed by atoms with E-state index in [4.69, 9.17) is 12.2 Å². The largest absolute Gasteiger partial charge is 0.238 e. The van der Waals surface area contributed by atoms with Gasteiger partial charge in [0.1, 0.15) is 11.6 Å². The maximum Gasteiger partial charge on any atom is 0.238 e. The number of halogens is 2. The predicted octanol–water partition coefficient (Wildman–Crippen LogP) is 1.66. The van der Waals surface area contributed by atoms with Crippen molar-refractivity contribution in [3.05, 3.63) is 40.2 Å². The number of nitrogens with zero attached hydrogens (tertiary/aromatic N) is 3. The first-order valence-corrected chi connectivity index (χ1v) is 4.49. The first-order valence-electron chi connectivity index (χ1n) is 4.08. The second kappa shape index (κ2) is 3.85. The minimum Gasteiger partial charge on any atom is -0.238 e. The molecular weight excluding hydrogens is 222 g/mol. The van der Waals surface area contributed by atoms with Crippen LogP contribution in [0.5, 0.6) is 0 Å². The summed E-state index contributed by atoms with van der Waals surface area (Å²) >= 11 is 4.82. The molecule has 1 N–H and O–H groups in total. The summed E-state index contributed by atoms with van der Waals surface area (Å²) in [5, 5.41) is 9.47. The number of hydrogen-bond donors (Lipinski definition) is 1. The minimum atomic E-state index is -0.619. The molecule has 1 heterocycles. The van der Waals surface area contributed by atoms with E-state index in [1.54, 1.807) is 0 Å². The highest BCUT2D eigenvalue weighted by Crippen LogP contribution is 2.10. The molecule has 0 spiro atoms. The Bertz CT molecular complexity index is 533. The van der Waals surface area contributed by atoms with Crippen molar-refractivity contribution < 1.29 is 8.78 Å². The fourth-order valence-corrected chi connectivity index (χ4v) is 1.29. The van der Waals surface area contributed by atoms with E-state index in [1.165, 1.54) is 16.8 Å². The second-order valence-corrected chi connectivity index (χ2v) is 3.27. The first kappa shape index (κ1) is 9.91. The molecule has 15 heavy (non-hydrogen) atoms. The van der Waals surface area contributed by atoms with Crippen molar-refractivity contribution in [3.8, 4) is 0 Å². The van der Waals surface area contributed by atoms with Gasteiger partial charge in [-0.05, 0) is 18.3 Å². The Hall–Kier alpha value is -1.63. The third kappa shape index (κ3) is 2.07. The fourth-order valence-electron chi connectivity index (χ4n) is 1.14. The van der Waals surface area contributed by atoms with E-state index in [2.05, 4.69) is 15.5 Å². The predicted molar refractivity (Wildman–Crippen MR) is 50.7 cm³/mol. The van der Waals surface area contributed by atoms with Crippen LogP contribution < -0.4 is 0 Å². The van der Waals surface area contributed by atoms with Crippen molar-refractivity contribution in [2.24, 2.45) is 0 Å². The highest BCUT2D eigenvalue weighted by atomic mass is 32.1. The SMILES string of the molecule is Fc1ccc(Cn2[nH]nnc2=S)c(F)c1. The molecule has 0 aliphatic heterocycles. The van der Waals surface area contributed by atoms with Crippen LogP contribution in [-0.4, -0.2) is 20.2 Å². The number of benzene rings is 1. The molecule has 0 saturated carbocycles. The lowest BCUT2D eigenvalue weighted by atomic mass is 10.2. The Balaban J connectivity index is 2.33. The number of aromatic amines is 1. The number of tetrazole rings is 1. The van der Waals surface area contributed by atoms with Gasteiger partial charge in [0, 0.05) is 11.6 Å². The van der Waals surface area contributed by atoms with Crippen LogP contribution in [0.3, 0.4) is 0 Å². The standard InChI is InChI=1S/C8H6F2N4S/c9-6-2-1-5(7(10)3-6)4-14-8(15)11-12-13-14/h1-3H,4H2,(H,11,13,15). The zero-order valence-corrected chi connectivity index (χ0v) is 8.26. The molecule has 7 heteroatoms. The lowest BCUT2D eigenvalue weighted by Crippen LogP contribution is -2.04. The van der Waals surface area contributed by atoms with E-state index in [0.29, 0.717) is 5.56 Å². The van der Waals surface area contributed by atoms with Gasteiger partial charge in [0.2, 0.25) is 4.77 Å². The Morgan fingerprint density at radius 1 is 1.40 bits per heavy atom. The molecule has 4 nitrogen and oxygen atoms in total. The normalized spacial score (nSPS) is 10.5. The lowest BCUT2D eigenvalue weighted by Gasteiger charge is -2.02. The Labute approximate surface area is 88.5 Å². The third-order valence-electron chi connectivity index (χ3n) is 1.88. The van der Waals surface area contributed by atoms with Crippen LogP contribution in [0, 0.1) is 16.4 Å². The van der Waals surface area contributed by atoms with E-state index >= 15 is 0 Å². The monoisotopic (exact) mass is 228 g/mol. The topological polar surface area (TPSA) is 46.5 Å². The number of hydrogen-bond acceptors (Lipinski definition) is 3. The maximum absolute atomic E-state index is 13.2. The summed E-state index contributed by atoms with van der Waals surface area (Å²) in [6.07, 6.45) is 0. The van der Waals surface area contributed by atoms with Crippen LogP contribution in [0.4, 0.5) is 8.78 Å². The Morgan fingerprint density at radius 2 is 2.20 bits per heavy atom. The average Bonchev–Trinajstić information content (AvgIpc) is 2.57. The van der Waals surface area contributed by atoms with Crippen molar-refractivity contribution in [2.45, 2.75) is 6.54 Å².